The number of alkyl halides is 3. The number of aromatic nitrogens is 3. The number of esters is 1. The molecule has 4 aromatic rings. The second kappa shape index (κ2) is 18.2. The lowest BCUT2D eigenvalue weighted by Gasteiger charge is -2.13. The van der Waals surface area contributed by atoms with Crippen LogP contribution in [0.1, 0.15) is 40.1 Å². The molecule has 0 aliphatic carbocycles. The zero-order valence-corrected chi connectivity index (χ0v) is 30.1. The van der Waals surface area contributed by atoms with Crippen LogP contribution in [0.5, 0.6) is 17.5 Å². The molecule has 0 radical (unpaired) electrons. The Morgan fingerprint density at radius 1 is 0.907 bits per heavy atom. The highest BCUT2D eigenvalue weighted by molar-refractivity contribution is 7.90. The standard InChI is InChI=1S/C17H11Cl2F3O5.C14H16N6O6S/c1-8(15(23)24)26-16(25)11-7-10(3-4-12(11)18)27-14-5-2-9(6-13(14)19)17(20,21)22;1-3-26-14-18-11(15-2)16-12(19-14)17-13(23)20-27(24,25)9-7-5-4-6-8(9)10(21)22/h2-8H,1H3,(H,23,24);4-7H,3H2,1-2H3,(H,21,22)(H3,15,16,17,18,19,20,23)/t8-;/m0./s1. The van der Waals surface area contributed by atoms with Gasteiger partial charge in [-0.15, -0.1) is 0 Å². The molecule has 0 bridgehead atoms. The van der Waals surface area contributed by atoms with Crippen LogP contribution >= 0.6 is 23.2 Å². The smallest absolute Gasteiger partial charge is 0.416 e. The Hall–Kier alpha value is -5.93. The number of benzene rings is 3. The van der Waals surface area contributed by atoms with E-state index in [1.54, 1.807) is 11.6 Å². The van der Waals surface area contributed by atoms with Crippen LogP contribution in [0, 0.1) is 0 Å². The number of ether oxygens (including phenoxy) is 3. The molecule has 0 aliphatic rings. The fourth-order valence-corrected chi connectivity index (χ4v) is 5.31. The van der Waals surface area contributed by atoms with E-state index < -0.39 is 62.3 Å². The van der Waals surface area contributed by atoms with Crippen LogP contribution in [0.3, 0.4) is 0 Å². The zero-order valence-electron chi connectivity index (χ0n) is 27.8. The van der Waals surface area contributed by atoms with E-state index in [4.69, 9.17) is 47.6 Å². The number of halogens is 5. The zero-order chi connectivity index (χ0) is 40.4. The molecule has 1 heterocycles. The number of aromatic carboxylic acids is 1. The van der Waals surface area contributed by atoms with E-state index in [9.17, 15) is 40.8 Å². The number of carbonyl (C=O) groups is 4. The van der Waals surface area contributed by atoms with Gasteiger partial charge in [0, 0.05) is 7.05 Å². The molecular formula is C31H27Cl2F3N6O11S. The van der Waals surface area contributed by atoms with E-state index in [2.05, 4.69) is 25.6 Å². The van der Waals surface area contributed by atoms with Crippen LogP contribution < -0.4 is 24.8 Å². The maximum absolute atomic E-state index is 12.7. The van der Waals surface area contributed by atoms with E-state index in [0.717, 1.165) is 37.3 Å². The molecule has 288 valence electrons. The molecule has 54 heavy (non-hydrogen) atoms. The third-order valence-electron chi connectivity index (χ3n) is 6.25. The number of nitrogens with zero attached hydrogens (tertiary/aromatic N) is 3. The number of aliphatic carboxylic acids is 1. The second-order valence-corrected chi connectivity index (χ2v) is 12.5. The second-order valence-electron chi connectivity index (χ2n) is 10.1. The van der Waals surface area contributed by atoms with Crippen molar-refractivity contribution in [3.05, 3.63) is 87.4 Å². The van der Waals surface area contributed by atoms with E-state index in [1.807, 2.05) is 0 Å². The Morgan fingerprint density at radius 2 is 1.57 bits per heavy atom. The Labute approximate surface area is 313 Å². The number of sulfonamides is 1. The maximum atomic E-state index is 12.7. The minimum atomic E-state index is -4.56. The third kappa shape index (κ3) is 11.8. The number of rotatable bonds is 12. The van der Waals surface area contributed by atoms with Crippen LogP contribution in [0.25, 0.3) is 0 Å². The normalized spacial score (nSPS) is 11.6. The summed E-state index contributed by atoms with van der Waals surface area (Å²) in [7, 11) is -2.92. The van der Waals surface area contributed by atoms with Gasteiger partial charge in [0.1, 0.15) is 16.4 Å². The Bertz CT molecular complexity index is 2160. The average molecular weight is 820 g/mol. The number of hydrogen-bond donors (Lipinski definition) is 5. The summed E-state index contributed by atoms with van der Waals surface area (Å²) < 4.78 is 79.6. The van der Waals surface area contributed by atoms with Crippen LogP contribution in [0.4, 0.5) is 29.9 Å². The molecule has 5 N–H and O–H groups in total. The molecule has 2 amide bonds. The summed E-state index contributed by atoms with van der Waals surface area (Å²) >= 11 is 11.7. The lowest BCUT2D eigenvalue weighted by atomic mass is 10.2. The minimum absolute atomic E-state index is 0.0246. The summed E-state index contributed by atoms with van der Waals surface area (Å²) in [6, 6.07) is 9.93. The van der Waals surface area contributed by atoms with Gasteiger partial charge in [-0.2, -0.15) is 28.1 Å². The van der Waals surface area contributed by atoms with E-state index >= 15 is 0 Å². The molecule has 23 heteroatoms. The van der Waals surface area contributed by atoms with Crippen molar-refractivity contribution in [1.29, 1.82) is 0 Å². The van der Waals surface area contributed by atoms with Crippen molar-refractivity contribution in [2.45, 2.75) is 31.0 Å². The number of carboxylic acids is 2. The first-order valence-corrected chi connectivity index (χ1v) is 17.0. The van der Waals surface area contributed by atoms with E-state index in [0.29, 0.717) is 6.07 Å². The fraction of sp³-hybridized carbons (Fsp3) is 0.194. The van der Waals surface area contributed by atoms with Gasteiger partial charge in [0.05, 0.1) is 33.3 Å². The van der Waals surface area contributed by atoms with Gasteiger partial charge in [-0.1, -0.05) is 35.3 Å². The van der Waals surface area contributed by atoms with Crippen molar-refractivity contribution in [3.63, 3.8) is 0 Å². The van der Waals surface area contributed by atoms with Crippen LogP contribution in [0.15, 0.2) is 65.6 Å². The minimum Gasteiger partial charge on any atom is -0.479 e. The molecule has 1 aromatic heterocycles. The Morgan fingerprint density at radius 3 is 2.17 bits per heavy atom. The van der Waals surface area contributed by atoms with Gasteiger partial charge >= 0.3 is 36.1 Å². The van der Waals surface area contributed by atoms with Gasteiger partial charge in [-0.3, -0.25) is 5.32 Å². The van der Waals surface area contributed by atoms with Crippen molar-refractivity contribution in [3.8, 4) is 17.5 Å². The fourth-order valence-electron chi connectivity index (χ4n) is 3.79. The monoisotopic (exact) mass is 818 g/mol. The van der Waals surface area contributed by atoms with Crippen LogP contribution in [-0.2, 0) is 25.7 Å². The van der Waals surface area contributed by atoms with E-state index in [1.165, 1.54) is 31.3 Å². The number of anilines is 2. The number of nitrogens with one attached hydrogen (secondary N) is 3. The highest BCUT2D eigenvalue weighted by Gasteiger charge is 2.31. The highest BCUT2D eigenvalue weighted by atomic mass is 35.5. The van der Waals surface area contributed by atoms with Crippen molar-refractivity contribution < 1.29 is 65.2 Å². The Kier molecular flexibility index (Phi) is 14.3. The predicted octanol–water partition coefficient (Wildman–Crippen LogP) is 5.96. The van der Waals surface area contributed by atoms with Gasteiger partial charge < -0.3 is 29.7 Å². The lowest BCUT2D eigenvalue weighted by molar-refractivity contribution is -0.146. The summed E-state index contributed by atoms with van der Waals surface area (Å²) in [5.41, 5.74) is -1.60. The Balaban J connectivity index is 0.000000290. The highest BCUT2D eigenvalue weighted by Crippen LogP contribution is 2.37. The van der Waals surface area contributed by atoms with E-state index in [-0.39, 0.29) is 51.6 Å². The summed E-state index contributed by atoms with van der Waals surface area (Å²) in [4.78, 5) is 57.0. The summed E-state index contributed by atoms with van der Waals surface area (Å²) in [5, 5.41) is 22.3. The number of carbonyl (C=O) groups excluding carboxylic acids is 2. The largest absolute Gasteiger partial charge is 0.479 e. The first kappa shape index (κ1) is 42.5. The molecule has 4 rings (SSSR count). The number of carboxylic acid groups (broad SMARTS) is 2. The number of urea groups is 1. The summed E-state index contributed by atoms with van der Waals surface area (Å²) in [5.74, 6) is -4.02. The molecule has 0 spiro atoms. The first-order valence-electron chi connectivity index (χ1n) is 14.8. The maximum Gasteiger partial charge on any atom is 0.416 e. The summed E-state index contributed by atoms with van der Waals surface area (Å²) in [6.45, 7) is 3.13. The number of hydrogen-bond acceptors (Lipinski definition) is 13. The molecular weight excluding hydrogens is 792 g/mol. The molecule has 0 saturated carbocycles. The molecule has 0 unspecified atom stereocenters. The van der Waals surface area contributed by atoms with Gasteiger partial charge in [-0.25, -0.2) is 32.3 Å². The molecule has 1 atom stereocenters. The quantitative estimate of drug-likeness (QED) is 0.104. The van der Waals surface area contributed by atoms with Gasteiger partial charge in [0.15, 0.2) is 6.10 Å². The topological polar surface area (TPSA) is 245 Å². The lowest BCUT2D eigenvalue weighted by Crippen LogP contribution is -2.35. The molecule has 0 fully saturated rings. The predicted molar refractivity (Wildman–Crippen MR) is 184 cm³/mol. The SMILES string of the molecule is CCOc1nc(NC)nc(NC(=O)NS(=O)(=O)c2ccccc2C(=O)O)n1.C[C@H](OC(=O)c1cc(Oc2ccc(C(F)(F)F)cc2Cl)ccc1Cl)C(=O)O. The molecule has 17 nitrogen and oxygen atoms in total. The molecule has 3 aromatic carbocycles. The van der Waals surface area contributed by atoms with Crippen molar-refractivity contribution >= 4 is 69.1 Å². The van der Waals surface area contributed by atoms with Crippen molar-refractivity contribution in [2.75, 3.05) is 24.3 Å². The first-order chi connectivity index (χ1) is 25.2. The van der Waals surface area contributed by atoms with Crippen molar-refractivity contribution in [2.24, 2.45) is 0 Å². The molecule has 0 saturated heterocycles. The van der Waals surface area contributed by atoms with Crippen LogP contribution in [-0.4, -0.2) is 77.3 Å². The average Bonchev–Trinajstić information content (AvgIpc) is 3.09. The van der Waals surface area contributed by atoms with Gasteiger partial charge in [0.25, 0.3) is 10.0 Å². The molecule has 0 aliphatic heterocycles. The van der Waals surface area contributed by atoms with Crippen LogP contribution in [0.2, 0.25) is 10.0 Å². The number of amides is 2. The van der Waals surface area contributed by atoms with Gasteiger partial charge in [0.2, 0.25) is 11.9 Å². The van der Waals surface area contributed by atoms with Crippen molar-refractivity contribution in [1.82, 2.24) is 19.7 Å². The summed E-state index contributed by atoms with van der Waals surface area (Å²) in [6.07, 6.45) is -5.96. The van der Waals surface area contributed by atoms with Gasteiger partial charge in [-0.05, 0) is 62.4 Å². The third-order valence-corrected chi connectivity index (χ3v) is 8.26.